The van der Waals surface area contributed by atoms with Crippen LogP contribution in [0.4, 0.5) is 14.9 Å². The molecule has 2 heterocycles. The summed E-state index contributed by atoms with van der Waals surface area (Å²) in [6.45, 7) is 0.232. The predicted octanol–water partition coefficient (Wildman–Crippen LogP) is 4.57. The van der Waals surface area contributed by atoms with Gasteiger partial charge in [-0.1, -0.05) is 17.3 Å². The van der Waals surface area contributed by atoms with Crippen LogP contribution in [0, 0.1) is 5.82 Å². The second-order valence-electron chi connectivity index (χ2n) is 7.83. The van der Waals surface area contributed by atoms with Gasteiger partial charge in [0, 0.05) is 11.3 Å². The fraction of sp³-hybridized carbons (Fsp3) is 0.160. The Balaban J connectivity index is 1.50. The van der Waals surface area contributed by atoms with E-state index in [4.69, 9.17) is 9.47 Å². The second kappa shape index (κ2) is 8.86. The third kappa shape index (κ3) is 4.03. The van der Waals surface area contributed by atoms with E-state index in [1.165, 1.54) is 29.2 Å². The number of methoxy groups -OCH3 is 1. The lowest BCUT2D eigenvalue weighted by molar-refractivity contribution is 0.118. The fourth-order valence-electron chi connectivity index (χ4n) is 4.12. The molecule has 8 nitrogen and oxygen atoms in total. The van der Waals surface area contributed by atoms with Gasteiger partial charge in [0.15, 0.2) is 0 Å². The van der Waals surface area contributed by atoms with Crippen molar-refractivity contribution in [3.63, 3.8) is 0 Å². The maximum absolute atomic E-state index is 13.5. The summed E-state index contributed by atoms with van der Waals surface area (Å²) >= 11 is 0. The first-order valence-corrected chi connectivity index (χ1v) is 10.6. The Morgan fingerprint density at radius 1 is 1.03 bits per heavy atom. The molecule has 9 heteroatoms. The Morgan fingerprint density at radius 2 is 1.74 bits per heavy atom. The number of hydrogen-bond donors (Lipinski definition) is 1. The minimum atomic E-state index is -0.624. The Morgan fingerprint density at radius 3 is 2.41 bits per heavy atom. The Bertz CT molecular complexity index is 1290. The summed E-state index contributed by atoms with van der Waals surface area (Å²) in [6, 6.07) is 19.2. The molecule has 0 saturated carbocycles. The average Bonchev–Trinajstić information content (AvgIpc) is 3.44. The molecule has 0 bridgehead atoms. The number of halogens is 1. The molecular formula is C25H21FN4O4. The van der Waals surface area contributed by atoms with Gasteiger partial charge in [-0.2, -0.15) is 0 Å². The Labute approximate surface area is 194 Å². The smallest absolute Gasteiger partial charge is 0.415 e. The molecule has 1 fully saturated rings. The topological polar surface area (TPSA) is 89.7 Å². The molecule has 5 rings (SSSR count). The molecule has 1 amide bonds. The van der Waals surface area contributed by atoms with Crippen molar-refractivity contribution in [3.05, 3.63) is 90.4 Å². The SMILES string of the molecule is COc1ccc(-c2cnnn2CC2OC(=O)N(c3ccc(F)cc3)C2c2ccc(O)cc2)cc1. The molecule has 172 valence electrons. The third-order valence-electron chi connectivity index (χ3n) is 5.77. The van der Waals surface area contributed by atoms with Gasteiger partial charge >= 0.3 is 6.09 Å². The summed E-state index contributed by atoms with van der Waals surface area (Å²) < 4.78 is 26.2. The number of phenolic OH excluding ortho intramolecular Hbond substituents is 1. The highest BCUT2D eigenvalue weighted by Gasteiger charge is 2.44. The number of anilines is 1. The normalized spacial score (nSPS) is 17.6. The molecule has 1 saturated heterocycles. The van der Waals surface area contributed by atoms with Gasteiger partial charge in [-0.3, -0.25) is 4.90 Å². The molecule has 2 atom stereocenters. The quantitative estimate of drug-likeness (QED) is 0.454. The van der Waals surface area contributed by atoms with E-state index in [1.54, 1.807) is 42.3 Å². The molecule has 34 heavy (non-hydrogen) atoms. The number of phenols is 1. The highest BCUT2D eigenvalue weighted by Crippen LogP contribution is 2.39. The van der Waals surface area contributed by atoms with Crippen LogP contribution in [0.25, 0.3) is 11.3 Å². The number of carbonyl (C=O) groups excluding carboxylic acids is 1. The van der Waals surface area contributed by atoms with Crippen LogP contribution < -0.4 is 9.64 Å². The zero-order valence-electron chi connectivity index (χ0n) is 18.2. The lowest BCUT2D eigenvalue weighted by Crippen LogP contribution is -2.31. The fourth-order valence-corrected chi connectivity index (χ4v) is 4.12. The van der Waals surface area contributed by atoms with Crippen molar-refractivity contribution in [1.82, 2.24) is 15.0 Å². The van der Waals surface area contributed by atoms with Gasteiger partial charge in [-0.25, -0.2) is 13.9 Å². The van der Waals surface area contributed by atoms with Crippen LogP contribution >= 0.6 is 0 Å². The number of aromatic nitrogens is 3. The number of rotatable bonds is 6. The van der Waals surface area contributed by atoms with E-state index in [1.807, 2.05) is 24.3 Å². The van der Waals surface area contributed by atoms with Crippen molar-refractivity contribution < 1.29 is 23.8 Å². The van der Waals surface area contributed by atoms with E-state index in [0.29, 0.717) is 5.69 Å². The van der Waals surface area contributed by atoms with Gasteiger partial charge in [0.05, 0.1) is 25.5 Å². The minimum absolute atomic E-state index is 0.108. The summed E-state index contributed by atoms with van der Waals surface area (Å²) in [5.74, 6) is 0.438. The Hall–Kier alpha value is -4.40. The molecule has 1 N–H and O–H groups in total. The van der Waals surface area contributed by atoms with Crippen LogP contribution in [0.3, 0.4) is 0 Å². The van der Waals surface area contributed by atoms with Crippen LogP contribution in [0.1, 0.15) is 11.6 Å². The van der Waals surface area contributed by atoms with Crippen molar-refractivity contribution in [2.45, 2.75) is 18.7 Å². The van der Waals surface area contributed by atoms with E-state index in [0.717, 1.165) is 22.6 Å². The number of cyclic esters (lactones) is 1. The van der Waals surface area contributed by atoms with Crippen molar-refractivity contribution in [1.29, 1.82) is 0 Å². The molecule has 1 aliphatic rings. The number of ether oxygens (including phenoxy) is 2. The minimum Gasteiger partial charge on any atom is -0.508 e. The Kier molecular flexibility index (Phi) is 5.59. The standard InChI is InChI=1S/C25H21FN4O4/c1-33-21-12-4-16(5-13-21)22-14-27-28-29(22)15-23-24(17-2-10-20(31)11-3-17)30(25(32)34-23)19-8-6-18(26)7-9-19/h2-14,23-24,31H,15H2,1H3. The second-order valence-corrected chi connectivity index (χ2v) is 7.83. The number of aromatic hydroxyl groups is 1. The molecule has 0 radical (unpaired) electrons. The van der Waals surface area contributed by atoms with Crippen molar-refractivity contribution in [2.24, 2.45) is 0 Å². The predicted molar refractivity (Wildman–Crippen MR) is 122 cm³/mol. The first kappa shape index (κ1) is 21.4. The lowest BCUT2D eigenvalue weighted by Gasteiger charge is -2.25. The highest BCUT2D eigenvalue weighted by molar-refractivity contribution is 5.91. The monoisotopic (exact) mass is 460 g/mol. The summed E-state index contributed by atoms with van der Waals surface area (Å²) in [5, 5.41) is 18.0. The largest absolute Gasteiger partial charge is 0.508 e. The molecule has 0 aliphatic carbocycles. The summed E-state index contributed by atoms with van der Waals surface area (Å²) in [6.07, 6.45) is 0.466. The number of hydrogen-bond acceptors (Lipinski definition) is 6. The molecule has 4 aromatic rings. The van der Waals surface area contributed by atoms with Gasteiger partial charge in [0.2, 0.25) is 0 Å². The third-order valence-corrected chi connectivity index (χ3v) is 5.77. The molecule has 0 spiro atoms. The van der Waals surface area contributed by atoms with Gasteiger partial charge in [-0.15, -0.1) is 5.10 Å². The number of nitrogens with zero attached hydrogens (tertiary/aromatic N) is 4. The van der Waals surface area contributed by atoms with Crippen LogP contribution in [0.5, 0.6) is 11.5 Å². The summed E-state index contributed by atoms with van der Waals surface area (Å²) in [5.41, 5.74) is 2.89. The van der Waals surface area contributed by atoms with E-state index in [2.05, 4.69) is 10.3 Å². The number of amides is 1. The first-order valence-electron chi connectivity index (χ1n) is 10.6. The molecule has 2 unspecified atom stereocenters. The van der Waals surface area contributed by atoms with Crippen LogP contribution in [-0.4, -0.2) is 39.4 Å². The van der Waals surface area contributed by atoms with E-state index in [-0.39, 0.29) is 12.3 Å². The zero-order chi connectivity index (χ0) is 23.7. The number of carbonyl (C=O) groups is 1. The van der Waals surface area contributed by atoms with E-state index in [9.17, 15) is 14.3 Å². The molecular weight excluding hydrogens is 439 g/mol. The van der Waals surface area contributed by atoms with Crippen LogP contribution in [0.2, 0.25) is 0 Å². The van der Waals surface area contributed by atoms with Gasteiger partial charge in [-0.05, 0) is 66.2 Å². The van der Waals surface area contributed by atoms with Crippen LogP contribution in [0.15, 0.2) is 79.0 Å². The van der Waals surface area contributed by atoms with Crippen molar-refractivity contribution in [2.75, 3.05) is 12.0 Å². The van der Waals surface area contributed by atoms with E-state index >= 15 is 0 Å². The van der Waals surface area contributed by atoms with Gasteiger partial charge < -0.3 is 14.6 Å². The maximum Gasteiger partial charge on any atom is 0.415 e. The summed E-state index contributed by atoms with van der Waals surface area (Å²) in [4.78, 5) is 14.5. The van der Waals surface area contributed by atoms with Crippen LogP contribution in [-0.2, 0) is 11.3 Å². The lowest BCUT2D eigenvalue weighted by atomic mass is 9.99. The van der Waals surface area contributed by atoms with E-state index < -0.39 is 24.1 Å². The number of benzene rings is 3. The van der Waals surface area contributed by atoms with Crippen molar-refractivity contribution >= 4 is 11.8 Å². The first-order chi connectivity index (χ1) is 16.5. The highest BCUT2D eigenvalue weighted by atomic mass is 19.1. The van der Waals surface area contributed by atoms with Gasteiger partial charge in [0.25, 0.3) is 0 Å². The molecule has 3 aromatic carbocycles. The van der Waals surface area contributed by atoms with Crippen molar-refractivity contribution in [3.8, 4) is 22.8 Å². The molecule has 1 aliphatic heterocycles. The summed E-state index contributed by atoms with van der Waals surface area (Å²) in [7, 11) is 1.60. The molecule has 1 aromatic heterocycles. The maximum atomic E-state index is 13.5. The zero-order valence-corrected chi connectivity index (χ0v) is 18.2. The average molecular weight is 460 g/mol. The van der Waals surface area contributed by atoms with Gasteiger partial charge in [0.1, 0.15) is 29.5 Å².